The molecule has 0 unspecified atom stereocenters. The average molecular weight is 374 g/mol. The molecule has 0 radical (unpaired) electrons. The van der Waals surface area contributed by atoms with Gasteiger partial charge in [0.2, 0.25) is 10.0 Å². The lowest BCUT2D eigenvalue weighted by atomic mass is 9.92. The number of sulfonamides is 1. The molecule has 0 saturated carbocycles. The first-order chi connectivity index (χ1) is 11.7. The fourth-order valence-electron chi connectivity index (χ4n) is 2.64. The van der Waals surface area contributed by atoms with E-state index in [9.17, 15) is 28.4 Å². The molecule has 10 nitrogen and oxygen atoms in total. The van der Waals surface area contributed by atoms with Crippen molar-refractivity contribution in [1.82, 2.24) is 4.31 Å². The van der Waals surface area contributed by atoms with Crippen LogP contribution in [0.3, 0.4) is 0 Å². The van der Waals surface area contributed by atoms with Crippen LogP contribution in [0.15, 0.2) is 29.2 Å². The van der Waals surface area contributed by atoms with E-state index in [1.807, 2.05) is 0 Å². The molecular formula is C14H18N2O8S. The molecule has 1 aromatic rings. The molecule has 1 heterocycles. The van der Waals surface area contributed by atoms with E-state index in [-0.39, 0.29) is 32.7 Å². The number of nitro benzene ring substituents is 1. The number of benzene rings is 1. The summed E-state index contributed by atoms with van der Waals surface area (Å²) in [6.45, 7) is -0.502. The van der Waals surface area contributed by atoms with Crippen molar-refractivity contribution in [3.63, 3.8) is 0 Å². The van der Waals surface area contributed by atoms with Crippen molar-refractivity contribution in [3.05, 3.63) is 34.4 Å². The number of carboxylic acid groups (broad SMARTS) is 1. The second-order valence-corrected chi connectivity index (χ2v) is 7.39. The highest BCUT2D eigenvalue weighted by molar-refractivity contribution is 7.89. The maximum atomic E-state index is 12.7. The minimum atomic E-state index is -4.12. The normalized spacial score (nSPS) is 18.0. The van der Waals surface area contributed by atoms with Crippen molar-refractivity contribution in [2.75, 3.05) is 27.0 Å². The smallest absolute Gasteiger partial charge is 0.336 e. The Morgan fingerprint density at radius 3 is 2.48 bits per heavy atom. The molecule has 11 heteroatoms. The molecule has 1 aliphatic heterocycles. The van der Waals surface area contributed by atoms with Gasteiger partial charge in [-0.2, -0.15) is 4.31 Å². The van der Waals surface area contributed by atoms with E-state index in [1.54, 1.807) is 0 Å². The lowest BCUT2D eigenvalue weighted by molar-refractivity contribution is -0.387. The van der Waals surface area contributed by atoms with Crippen LogP contribution in [0.5, 0.6) is 0 Å². The van der Waals surface area contributed by atoms with Gasteiger partial charge in [-0.3, -0.25) is 10.1 Å². The number of hydrogen-bond donors (Lipinski definition) is 1. The van der Waals surface area contributed by atoms with Crippen LogP contribution >= 0.6 is 0 Å². The first-order valence-electron chi connectivity index (χ1n) is 7.34. The Bertz CT molecular complexity index is 756. The molecular weight excluding hydrogens is 356 g/mol. The molecule has 0 atom stereocenters. The topological polar surface area (TPSA) is 136 Å². The van der Waals surface area contributed by atoms with Gasteiger partial charge >= 0.3 is 5.97 Å². The Balaban J connectivity index is 2.25. The molecule has 0 aromatic heterocycles. The van der Waals surface area contributed by atoms with Crippen LogP contribution in [0.25, 0.3) is 0 Å². The third kappa shape index (κ3) is 3.79. The molecule has 2 rings (SSSR count). The largest absolute Gasteiger partial charge is 0.479 e. The standard InChI is InChI=1S/C14H18N2O8S/c1-23-10-24-14(13(17)18)6-8-15(9-7-14)25(21,22)12-5-3-2-4-11(12)16(19)20/h2-5H,6-10H2,1H3,(H,17,18). The van der Waals surface area contributed by atoms with Crippen molar-refractivity contribution in [2.24, 2.45) is 0 Å². The van der Waals surface area contributed by atoms with Gasteiger partial charge in [-0.05, 0) is 6.07 Å². The maximum absolute atomic E-state index is 12.7. The molecule has 138 valence electrons. The van der Waals surface area contributed by atoms with Crippen molar-refractivity contribution >= 4 is 21.7 Å². The second-order valence-electron chi connectivity index (χ2n) is 5.48. The Morgan fingerprint density at radius 2 is 1.96 bits per heavy atom. The zero-order valence-corrected chi connectivity index (χ0v) is 14.3. The van der Waals surface area contributed by atoms with E-state index in [1.165, 1.54) is 19.2 Å². The van der Waals surface area contributed by atoms with Gasteiger partial charge < -0.3 is 14.6 Å². The Labute approximate surface area is 144 Å². The summed E-state index contributed by atoms with van der Waals surface area (Å²) in [6.07, 6.45) is -0.183. The second kappa shape index (κ2) is 7.44. The third-order valence-corrected chi connectivity index (χ3v) is 6.00. The average Bonchev–Trinajstić information content (AvgIpc) is 2.60. The summed E-state index contributed by atoms with van der Waals surface area (Å²) in [5.74, 6) is -1.20. The number of carboxylic acids is 1. The number of para-hydroxylation sites is 1. The van der Waals surface area contributed by atoms with E-state index >= 15 is 0 Å². The molecule has 1 aromatic carbocycles. The predicted molar refractivity (Wildman–Crippen MR) is 84.4 cm³/mol. The quantitative estimate of drug-likeness (QED) is 0.421. The number of methoxy groups -OCH3 is 1. The van der Waals surface area contributed by atoms with Crippen LogP contribution in [0, 0.1) is 10.1 Å². The Kier molecular flexibility index (Phi) is 5.72. The van der Waals surface area contributed by atoms with Crippen molar-refractivity contribution in [1.29, 1.82) is 0 Å². The van der Waals surface area contributed by atoms with E-state index in [0.717, 1.165) is 16.4 Å². The zero-order valence-electron chi connectivity index (χ0n) is 13.5. The molecule has 0 spiro atoms. The molecule has 0 aliphatic carbocycles. The number of carbonyl (C=O) groups is 1. The molecule has 1 saturated heterocycles. The SMILES string of the molecule is COCOC1(C(=O)O)CCN(S(=O)(=O)c2ccccc2[N+](=O)[O-])CC1. The van der Waals surface area contributed by atoms with E-state index in [0.29, 0.717) is 0 Å². The number of nitro groups is 1. The van der Waals surface area contributed by atoms with E-state index < -0.39 is 37.1 Å². The van der Waals surface area contributed by atoms with Crippen LogP contribution in [-0.4, -0.2) is 61.3 Å². The predicted octanol–water partition coefficient (Wildman–Crippen LogP) is 0.823. The minimum Gasteiger partial charge on any atom is -0.479 e. The van der Waals surface area contributed by atoms with Crippen LogP contribution in [0.2, 0.25) is 0 Å². The first-order valence-corrected chi connectivity index (χ1v) is 8.78. The molecule has 0 bridgehead atoms. The van der Waals surface area contributed by atoms with Gasteiger partial charge in [-0.15, -0.1) is 0 Å². The summed E-state index contributed by atoms with van der Waals surface area (Å²) < 4.78 is 36.5. The van der Waals surface area contributed by atoms with E-state index in [2.05, 4.69) is 0 Å². The fourth-order valence-corrected chi connectivity index (χ4v) is 4.24. The van der Waals surface area contributed by atoms with Gasteiger partial charge in [-0.1, -0.05) is 12.1 Å². The number of nitrogens with zero attached hydrogens (tertiary/aromatic N) is 2. The molecule has 1 fully saturated rings. The maximum Gasteiger partial charge on any atom is 0.336 e. The summed E-state index contributed by atoms with van der Waals surface area (Å²) >= 11 is 0. The van der Waals surface area contributed by atoms with Crippen LogP contribution < -0.4 is 0 Å². The number of rotatable bonds is 7. The van der Waals surface area contributed by atoms with Crippen LogP contribution in [0.4, 0.5) is 5.69 Å². The molecule has 25 heavy (non-hydrogen) atoms. The Hall–Kier alpha value is -2.08. The number of aliphatic carboxylic acids is 1. The fraction of sp³-hybridized carbons (Fsp3) is 0.500. The van der Waals surface area contributed by atoms with Crippen LogP contribution in [-0.2, 0) is 24.3 Å². The summed E-state index contributed by atoms with van der Waals surface area (Å²) in [7, 11) is -2.77. The van der Waals surface area contributed by atoms with Crippen molar-refractivity contribution in [2.45, 2.75) is 23.3 Å². The highest BCUT2D eigenvalue weighted by atomic mass is 32.2. The van der Waals surface area contributed by atoms with Gasteiger partial charge in [-0.25, -0.2) is 13.2 Å². The zero-order chi connectivity index (χ0) is 18.7. The summed E-state index contributed by atoms with van der Waals surface area (Å²) in [5.41, 5.74) is -2.06. The lowest BCUT2D eigenvalue weighted by Crippen LogP contribution is -2.52. The summed E-state index contributed by atoms with van der Waals surface area (Å²) in [4.78, 5) is 21.4. The summed E-state index contributed by atoms with van der Waals surface area (Å²) in [6, 6.07) is 5.04. The number of piperidine rings is 1. The van der Waals surface area contributed by atoms with Gasteiger partial charge in [0.25, 0.3) is 5.69 Å². The van der Waals surface area contributed by atoms with Crippen LogP contribution in [0.1, 0.15) is 12.8 Å². The van der Waals surface area contributed by atoms with Crippen molar-refractivity contribution in [3.8, 4) is 0 Å². The van der Waals surface area contributed by atoms with Gasteiger partial charge in [0.05, 0.1) is 4.92 Å². The van der Waals surface area contributed by atoms with Gasteiger partial charge in [0.1, 0.15) is 6.79 Å². The highest BCUT2D eigenvalue weighted by Gasteiger charge is 2.46. The molecule has 0 amide bonds. The minimum absolute atomic E-state index is 0.0917. The molecule has 1 N–H and O–H groups in total. The van der Waals surface area contributed by atoms with E-state index in [4.69, 9.17) is 9.47 Å². The first kappa shape index (κ1) is 19.2. The van der Waals surface area contributed by atoms with Crippen molar-refractivity contribution < 1.29 is 32.7 Å². The third-order valence-electron chi connectivity index (χ3n) is 4.05. The number of ether oxygens (including phenoxy) is 2. The Morgan fingerprint density at radius 1 is 1.36 bits per heavy atom. The number of hydrogen-bond acceptors (Lipinski definition) is 7. The monoisotopic (exact) mass is 374 g/mol. The van der Waals surface area contributed by atoms with Gasteiger partial charge in [0.15, 0.2) is 10.5 Å². The molecule has 1 aliphatic rings. The summed E-state index contributed by atoms with van der Waals surface area (Å²) in [5, 5.41) is 20.5. The highest BCUT2D eigenvalue weighted by Crippen LogP contribution is 2.32. The lowest BCUT2D eigenvalue weighted by Gasteiger charge is -2.37. The van der Waals surface area contributed by atoms with Gasteiger partial charge in [0, 0.05) is 39.1 Å².